The molecule has 3 N–H and O–H groups in total. The van der Waals surface area contributed by atoms with Crippen LogP contribution in [0.1, 0.15) is 21.5 Å². The maximum absolute atomic E-state index is 12.1. The number of carbonyl (C=O) groups is 1. The molecule has 5 heteroatoms. The Balaban J connectivity index is 2.30. The van der Waals surface area contributed by atoms with Gasteiger partial charge in [-0.1, -0.05) is 0 Å². The molecule has 0 aliphatic carbocycles. The number of hydrogen-bond donors (Lipinski definition) is 2. The zero-order valence-electron chi connectivity index (χ0n) is 11.7. The summed E-state index contributed by atoms with van der Waals surface area (Å²) >= 11 is 0. The predicted octanol–water partition coefficient (Wildman–Crippen LogP) is 1.84. The Morgan fingerprint density at radius 3 is 2.50 bits per heavy atom. The first-order valence-corrected chi connectivity index (χ1v) is 6.23. The maximum atomic E-state index is 12.1. The van der Waals surface area contributed by atoms with E-state index in [1.165, 1.54) is 10.6 Å². The molecular weight excluding hydrogens is 254 g/mol. The predicted molar refractivity (Wildman–Crippen MR) is 80.0 cm³/mol. The van der Waals surface area contributed by atoms with Crippen LogP contribution in [-0.4, -0.2) is 10.5 Å². The van der Waals surface area contributed by atoms with Gasteiger partial charge in [-0.15, -0.1) is 0 Å². The van der Waals surface area contributed by atoms with Crippen LogP contribution in [-0.2, 0) is 7.05 Å². The molecule has 2 rings (SSSR count). The van der Waals surface area contributed by atoms with Crippen LogP contribution in [0.15, 0.2) is 35.3 Å². The van der Waals surface area contributed by atoms with Crippen LogP contribution in [0.4, 0.5) is 11.4 Å². The minimum absolute atomic E-state index is 0.231. The van der Waals surface area contributed by atoms with Crippen molar-refractivity contribution in [3.05, 3.63) is 57.5 Å². The second kappa shape index (κ2) is 5.21. The summed E-state index contributed by atoms with van der Waals surface area (Å²) in [5, 5.41) is 2.73. The number of pyridine rings is 1. The van der Waals surface area contributed by atoms with Gasteiger partial charge >= 0.3 is 0 Å². The van der Waals surface area contributed by atoms with E-state index in [0.29, 0.717) is 16.9 Å². The lowest BCUT2D eigenvalue weighted by atomic mass is 10.1. The number of aryl methyl sites for hydroxylation is 3. The topological polar surface area (TPSA) is 77.1 Å². The molecule has 0 fully saturated rings. The molecule has 20 heavy (non-hydrogen) atoms. The number of aromatic nitrogens is 1. The number of nitrogens with zero attached hydrogens (tertiary/aromatic N) is 1. The summed E-state index contributed by atoms with van der Waals surface area (Å²) in [5.74, 6) is -0.349. The largest absolute Gasteiger partial charge is 0.397 e. The minimum Gasteiger partial charge on any atom is -0.397 e. The number of amides is 1. The number of rotatable bonds is 2. The summed E-state index contributed by atoms with van der Waals surface area (Å²) in [6.07, 6.45) is 1.56. The summed E-state index contributed by atoms with van der Waals surface area (Å²) in [4.78, 5) is 23.6. The van der Waals surface area contributed by atoms with Crippen molar-refractivity contribution in [2.24, 2.45) is 7.05 Å². The molecule has 0 saturated carbocycles. The van der Waals surface area contributed by atoms with Gasteiger partial charge < -0.3 is 15.6 Å². The van der Waals surface area contributed by atoms with Gasteiger partial charge in [0.1, 0.15) is 0 Å². The van der Waals surface area contributed by atoms with Gasteiger partial charge in [0.15, 0.2) is 0 Å². The number of carbonyl (C=O) groups excluding carboxylic acids is 1. The normalized spacial score (nSPS) is 10.3. The van der Waals surface area contributed by atoms with Crippen molar-refractivity contribution in [1.82, 2.24) is 4.57 Å². The standard InChI is InChI=1S/C15H17N3O2/c1-9-6-12(16)13(7-10(9)2)17-15(20)11-4-5-18(3)14(19)8-11/h4-8H,16H2,1-3H3,(H,17,20). The quantitative estimate of drug-likeness (QED) is 0.818. The van der Waals surface area contributed by atoms with Crippen LogP contribution in [0.25, 0.3) is 0 Å². The molecule has 5 nitrogen and oxygen atoms in total. The molecule has 104 valence electrons. The molecule has 0 spiro atoms. The van der Waals surface area contributed by atoms with E-state index in [4.69, 9.17) is 5.73 Å². The highest BCUT2D eigenvalue weighted by Crippen LogP contribution is 2.23. The molecule has 0 radical (unpaired) electrons. The van der Waals surface area contributed by atoms with E-state index in [9.17, 15) is 9.59 Å². The zero-order valence-corrected chi connectivity index (χ0v) is 11.7. The van der Waals surface area contributed by atoms with Crippen molar-refractivity contribution in [2.75, 3.05) is 11.1 Å². The van der Waals surface area contributed by atoms with Gasteiger partial charge in [-0.25, -0.2) is 0 Å². The number of nitrogens with two attached hydrogens (primary N) is 1. The third-order valence-corrected chi connectivity index (χ3v) is 3.28. The Kier molecular flexibility index (Phi) is 3.61. The van der Waals surface area contributed by atoms with E-state index in [-0.39, 0.29) is 11.5 Å². The molecule has 0 aliphatic rings. The highest BCUT2D eigenvalue weighted by Gasteiger charge is 2.10. The molecule has 1 amide bonds. The Hall–Kier alpha value is -2.56. The van der Waals surface area contributed by atoms with Gasteiger partial charge in [0.05, 0.1) is 11.4 Å². The van der Waals surface area contributed by atoms with Gasteiger partial charge in [-0.05, 0) is 43.2 Å². The summed E-state index contributed by atoms with van der Waals surface area (Å²) < 4.78 is 1.40. The molecule has 1 aromatic carbocycles. The summed E-state index contributed by atoms with van der Waals surface area (Å²) in [6, 6.07) is 6.53. The Morgan fingerprint density at radius 1 is 1.20 bits per heavy atom. The Labute approximate surface area is 117 Å². The van der Waals surface area contributed by atoms with E-state index in [0.717, 1.165) is 11.1 Å². The molecule has 0 atom stereocenters. The van der Waals surface area contributed by atoms with Crippen LogP contribution < -0.4 is 16.6 Å². The number of benzene rings is 1. The van der Waals surface area contributed by atoms with Gasteiger partial charge in [-0.3, -0.25) is 9.59 Å². The van der Waals surface area contributed by atoms with Crippen LogP contribution in [0, 0.1) is 13.8 Å². The monoisotopic (exact) mass is 271 g/mol. The maximum Gasteiger partial charge on any atom is 0.255 e. The smallest absolute Gasteiger partial charge is 0.255 e. The average molecular weight is 271 g/mol. The number of hydrogen-bond acceptors (Lipinski definition) is 3. The second-order valence-corrected chi connectivity index (χ2v) is 4.84. The second-order valence-electron chi connectivity index (χ2n) is 4.84. The Morgan fingerprint density at radius 2 is 1.85 bits per heavy atom. The Bertz CT molecular complexity index is 732. The SMILES string of the molecule is Cc1cc(N)c(NC(=O)c2ccn(C)c(=O)c2)cc1C. The number of nitrogen functional groups attached to an aromatic ring is 1. The zero-order chi connectivity index (χ0) is 14.9. The van der Waals surface area contributed by atoms with Crippen LogP contribution in [0.3, 0.4) is 0 Å². The number of nitrogens with one attached hydrogen (secondary N) is 1. The lowest BCUT2D eigenvalue weighted by Crippen LogP contribution is -2.20. The molecule has 0 aliphatic heterocycles. The van der Waals surface area contributed by atoms with E-state index in [1.54, 1.807) is 19.3 Å². The fourth-order valence-electron chi connectivity index (χ4n) is 1.83. The average Bonchev–Trinajstić information content (AvgIpc) is 2.39. The molecule has 2 aromatic rings. The van der Waals surface area contributed by atoms with Gasteiger partial charge in [0, 0.05) is 24.9 Å². The van der Waals surface area contributed by atoms with Crippen LogP contribution >= 0.6 is 0 Å². The first-order chi connectivity index (χ1) is 9.38. The molecular formula is C15H17N3O2. The van der Waals surface area contributed by atoms with Crippen molar-refractivity contribution >= 4 is 17.3 Å². The van der Waals surface area contributed by atoms with Crippen molar-refractivity contribution in [2.45, 2.75) is 13.8 Å². The van der Waals surface area contributed by atoms with E-state index >= 15 is 0 Å². The van der Waals surface area contributed by atoms with Crippen molar-refractivity contribution < 1.29 is 4.79 Å². The number of anilines is 2. The summed E-state index contributed by atoms with van der Waals surface area (Å²) in [7, 11) is 1.63. The third kappa shape index (κ3) is 2.71. The van der Waals surface area contributed by atoms with E-state index in [1.807, 2.05) is 26.0 Å². The van der Waals surface area contributed by atoms with Gasteiger partial charge in [-0.2, -0.15) is 0 Å². The fraction of sp³-hybridized carbons (Fsp3) is 0.200. The van der Waals surface area contributed by atoms with E-state index in [2.05, 4.69) is 5.32 Å². The van der Waals surface area contributed by atoms with E-state index < -0.39 is 0 Å². The van der Waals surface area contributed by atoms with Crippen molar-refractivity contribution in [3.63, 3.8) is 0 Å². The molecule has 0 saturated heterocycles. The lowest BCUT2D eigenvalue weighted by molar-refractivity contribution is 0.102. The summed E-state index contributed by atoms with van der Waals surface area (Å²) in [5.41, 5.74) is 9.13. The van der Waals surface area contributed by atoms with Crippen LogP contribution in [0.5, 0.6) is 0 Å². The highest BCUT2D eigenvalue weighted by molar-refractivity contribution is 6.05. The molecule has 0 unspecified atom stereocenters. The molecule has 1 heterocycles. The van der Waals surface area contributed by atoms with Gasteiger partial charge in [0.2, 0.25) is 0 Å². The lowest BCUT2D eigenvalue weighted by Gasteiger charge is -2.11. The summed E-state index contributed by atoms with van der Waals surface area (Å²) in [6.45, 7) is 3.90. The highest BCUT2D eigenvalue weighted by atomic mass is 16.2. The van der Waals surface area contributed by atoms with Crippen molar-refractivity contribution in [1.29, 1.82) is 0 Å². The van der Waals surface area contributed by atoms with Gasteiger partial charge in [0.25, 0.3) is 11.5 Å². The van der Waals surface area contributed by atoms with Crippen molar-refractivity contribution in [3.8, 4) is 0 Å². The fourth-order valence-corrected chi connectivity index (χ4v) is 1.83. The molecule has 0 bridgehead atoms. The minimum atomic E-state index is -0.349. The third-order valence-electron chi connectivity index (χ3n) is 3.28. The van der Waals surface area contributed by atoms with Crippen LogP contribution in [0.2, 0.25) is 0 Å². The first-order valence-electron chi connectivity index (χ1n) is 6.23. The molecule has 1 aromatic heterocycles. The first kappa shape index (κ1) is 13.9.